The normalized spacial score (nSPS) is 17.8. The highest BCUT2D eigenvalue weighted by Crippen LogP contribution is 2.37. The first-order valence-corrected chi connectivity index (χ1v) is 11.5. The summed E-state index contributed by atoms with van der Waals surface area (Å²) in [5.74, 6) is -0.721. The number of carbonyl (C=O) groups is 2. The third-order valence-electron chi connectivity index (χ3n) is 6.78. The molecule has 0 radical (unpaired) electrons. The zero-order valence-corrected chi connectivity index (χ0v) is 18.4. The average molecular weight is 444 g/mol. The van der Waals surface area contributed by atoms with E-state index in [9.17, 15) is 14.0 Å². The number of rotatable bonds is 3. The summed E-state index contributed by atoms with van der Waals surface area (Å²) < 4.78 is 13.4. The number of piperidine rings is 1. The van der Waals surface area contributed by atoms with E-state index in [1.165, 1.54) is 12.1 Å². The molecule has 1 saturated heterocycles. The van der Waals surface area contributed by atoms with Crippen LogP contribution in [0.1, 0.15) is 52.9 Å². The topological polar surface area (TPSA) is 76.3 Å². The Kier molecular flexibility index (Phi) is 5.67. The van der Waals surface area contributed by atoms with E-state index in [4.69, 9.17) is 10.7 Å². The van der Waals surface area contributed by atoms with Crippen LogP contribution in [0.3, 0.4) is 0 Å². The monoisotopic (exact) mass is 443 g/mol. The van der Waals surface area contributed by atoms with Crippen molar-refractivity contribution in [3.63, 3.8) is 0 Å². The average Bonchev–Trinajstić information content (AvgIpc) is 2.84. The van der Waals surface area contributed by atoms with Crippen LogP contribution in [0.5, 0.6) is 0 Å². The number of fused-ring (bicyclic) bond motifs is 2. The lowest BCUT2D eigenvalue weighted by Gasteiger charge is -2.32. The van der Waals surface area contributed by atoms with Crippen molar-refractivity contribution in [1.82, 2.24) is 9.88 Å². The maximum absolute atomic E-state index is 13.8. The number of nitrogens with two attached hydrogens (primary N) is 1. The minimum atomic E-state index is -0.288. The Hall–Kier alpha value is -3.54. The fourth-order valence-corrected chi connectivity index (χ4v) is 5.00. The molecular formula is C27H26FN3O2. The second-order valence-corrected chi connectivity index (χ2v) is 8.87. The highest BCUT2D eigenvalue weighted by Gasteiger charge is 2.31. The SMILES string of the molecule is NC(=O)C1CCN(C(=O)c2c3c(nc4ccccc24)C(=Cc2ccc(F)cc2)CCC3)CC1. The molecule has 5 nitrogen and oxygen atoms in total. The summed E-state index contributed by atoms with van der Waals surface area (Å²) in [4.78, 5) is 32.1. The van der Waals surface area contributed by atoms with Crippen molar-refractivity contribution in [3.8, 4) is 0 Å². The Morgan fingerprint density at radius 1 is 1.03 bits per heavy atom. The molecule has 2 aromatic carbocycles. The molecular weight excluding hydrogens is 417 g/mol. The van der Waals surface area contributed by atoms with E-state index < -0.39 is 0 Å². The van der Waals surface area contributed by atoms with Gasteiger partial charge in [0, 0.05) is 24.4 Å². The van der Waals surface area contributed by atoms with Crippen LogP contribution in [-0.2, 0) is 11.2 Å². The van der Waals surface area contributed by atoms with Gasteiger partial charge in [-0.2, -0.15) is 0 Å². The summed E-state index contributed by atoms with van der Waals surface area (Å²) in [6, 6.07) is 14.2. The molecule has 2 N–H and O–H groups in total. The number of benzene rings is 2. The first-order chi connectivity index (χ1) is 16.0. The Morgan fingerprint density at radius 2 is 1.76 bits per heavy atom. The summed E-state index contributed by atoms with van der Waals surface area (Å²) in [6.07, 6.45) is 5.81. The number of nitrogens with zero attached hydrogens (tertiary/aromatic N) is 2. The Balaban J connectivity index is 1.59. The van der Waals surface area contributed by atoms with E-state index in [0.29, 0.717) is 25.9 Å². The van der Waals surface area contributed by atoms with Crippen LogP contribution < -0.4 is 5.73 Å². The van der Waals surface area contributed by atoms with E-state index >= 15 is 0 Å². The first-order valence-electron chi connectivity index (χ1n) is 11.5. The van der Waals surface area contributed by atoms with Gasteiger partial charge in [-0.05, 0) is 73.1 Å². The number of halogens is 1. The lowest BCUT2D eigenvalue weighted by Crippen LogP contribution is -2.42. The van der Waals surface area contributed by atoms with Gasteiger partial charge in [-0.3, -0.25) is 9.59 Å². The van der Waals surface area contributed by atoms with Crippen molar-refractivity contribution in [3.05, 3.63) is 76.7 Å². The third kappa shape index (κ3) is 4.13. The number of aromatic nitrogens is 1. The highest BCUT2D eigenvalue weighted by molar-refractivity contribution is 6.09. The molecule has 1 aliphatic heterocycles. The number of hydrogen-bond acceptors (Lipinski definition) is 3. The second-order valence-electron chi connectivity index (χ2n) is 8.87. The van der Waals surface area contributed by atoms with Crippen molar-refractivity contribution in [2.24, 2.45) is 11.7 Å². The van der Waals surface area contributed by atoms with Gasteiger partial charge in [0.05, 0.1) is 16.8 Å². The van der Waals surface area contributed by atoms with Gasteiger partial charge in [-0.1, -0.05) is 30.3 Å². The summed E-state index contributed by atoms with van der Waals surface area (Å²) in [5.41, 5.74) is 10.8. The molecule has 2 amide bonds. The minimum Gasteiger partial charge on any atom is -0.369 e. The van der Waals surface area contributed by atoms with Crippen LogP contribution in [0.2, 0.25) is 0 Å². The fraction of sp³-hybridized carbons (Fsp3) is 0.296. The van der Waals surface area contributed by atoms with Gasteiger partial charge >= 0.3 is 0 Å². The molecule has 33 heavy (non-hydrogen) atoms. The zero-order chi connectivity index (χ0) is 22.9. The Bertz CT molecular complexity index is 1260. The van der Waals surface area contributed by atoms with Crippen molar-refractivity contribution in [1.29, 1.82) is 0 Å². The first kappa shape index (κ1) is 21.3. The summed E-state index contributed by atoms with van der Waals surface area (Å²) >= 11 is 0. The van der Waals surface area contributed by atoms with Crippen LogP contribution in [0.4, 0.5) is 4.39 Å². The van der Waals surface area contributed by atoms with Crippen LogP contribution in [0.25, 0.3) is 22.6 Å². The van der Waals surface area contributed by atoms with Crippen molar-refractivity contribution in [2.75, 3.05) is 13.1 Å². The fourth-order valence-electron chi connectivity index (χ4n) is 5.00. The molecule has 1 aromatic heterocycles. The Morgan fingerprint density at radius 3 is 2.48 bits per heavy atom. The maximum atomic E-state index is 13.8. The summed E-state index contributed by atoms with van der Waals surface area (Å²) in [6.45, 7) is 1.05. The highest BCUT2D eigenvalue weighted by atomic mass is 19.1. The number of pyridine rings is 1. The number of amides is 2. The van der Waals surface area contributed by atoms with Gasteiger partial charge in [0.2, 0.25) is 5.91 Å². The van der Waals surface area contributed by atoms with Crippen molar-refractivity contribution in [2.45, 2.75) is 32.1 Å². The van der Waals surface area contributed by atoms with Crippen LogP contribution in [0.15, 0.2) is 48.5 Å². The van der Waals surface area contributed by atoms with Gasteiger partial charge < -0.3 is 10.6 Å². The van der Waals surface area contributed by atoms with E-state index in [-0.39, 0.29) is 23.5 Å². The van der Waals surface area contributed by atoms with E-state index in [1.54, 1.807) is 12.1 Å². The molecule has 2 heterocycles. The molecule has 0 spiro atoms. The molecule has 5 rings (SSSR count). The number of likely N-dealkylation sites (tertiary alicyclic amines) is 1. The molecule has 168 valence electrons. The molecule has 0 atom stereocenters. The standard InChI is InChI=1S/C27H26FN3O2/c28-20-10-8-17(9-11-20)16-19-4-3-6-22-24(21-5-1-2-7-23(21)30-25(19)22)27(33)31-14-12-18(13-15-31)26(29)32/h1-2,5,7-11,16,18H,3-4,6,12-15H2,(H2,29,32). The molecule has 1 aliphatic carbocycles. The number of allylic oxidation sites excluding steroid dienone is 1. The summed E-state index contributed by atoms with van der Waals surface area (Å²) in [5, 5.41) is 0.862. The molecule has 0 bridgehead atoms. The van der Waals surface area contributed by atoms with E-state index in [0.717, 1.165) is 58.1 Å². The second kappa shape index (κ2) is 8.77. The van der Waals surface area contributed by atoms with Gasteiger partial charge in [0.15, 0.2) is 0 Å². The third-order valence-corrected chi connectivity index (χ3v) is 6.78. The molecule has 0 unspecified atom stereocenters. The number of hydrogen-bond donors (Lipinski definition) is 1. The number of carbonyl (C=O) groups excluding carboxylic acids is 2. The predicted molar refractivity (Wildman–Crippen MR) is 127 cm³/mol. The van der Waals surface area contributed by atoms with Gasteiger partial charge in [-0.25, -0.2) is 9.37 Å². The number of primary amides is 1. The van der Waals surface area contributed by atoms with Gasteiger partial charge in [0.1, 0.15) is 5.82 Å². The van der Waals surface area contributed by atoms with Crippen LogP contribution in [-0.4, -0.2) is 34.8 Å². The molecule has 0 saturated carbocycles. The van der Waals surface area contributed by atoms with Crippen LogP contribution >= 0.6 is 0 Å². The van der Waals surface area contributed by atoms with Crippen molar-refractivity contribution < 1.29 is 14.0 Å². The zero-order valence-electron chi connectivity index (χ0n) is 18.4. The molecule has 6 heteroatoms. The summed E-state index contributed by atoms with van der Waals surface area (Å²) in [7, 11) is 0. The van der Waals surface area contributed by atoms with E-state index in [1.807, 2.05) is 35.2 Å². The van der Waals surface area contributed by atoms with Crippen LogP contribution in [0, 0.1) is 11.7 Å². The van der Waals surface area contributed by atoms with Gasteiger partial charge in [-0.15, -0.1) is 0 Å². The predicted octanol–water partition coefficient (Wildman–Crippen LogP) is 4.59. The lowest BCUT2D eigenvalue weighted by molar-refractivity contribution is -0.123. The molecule has 1 fully saturated rings. The lowest BCUT2D eigenvalue weighted by atomic mass is 9.85. The van der Waals surface area contributed by atoms with Crippen molar-refractivity contribution >= 4 is 34.4 Å². The molecule has 2 aliphatic rings. The smallest absolute Gasteiger partial charge is 0.254 e. The largest absolute Gasteiger partial charge is 0.369 e. The quantitative estimate of drug-likeness (QED) is 0.643. The maximum Gasteiger partial charge on any atom is 0.254 e. The Labute approximate surface area is 192 Å². The number of para-hydroxylation sites is 1. The van der Waals surface area contributed by atoms with E-state index in [2.05, 4.69) is 0 Å². The van der Waals surface area contributed by atoms with Gasteiger partial charge in [0.25, 0.3) is 5.91 Å². The minimum absolute atomic E-state index is 0.00389. The molecule has 3 aromatic rings.